The van der Waals surface area contributed by atoms with Crippen molar-refractivity contribution in [1.82, 2.24) is 4.90 Å². The van der Waals surface area contributed by atoms with E-state index in [4.69, 9.17) is 5.73 Å². The summed E-state index contributed by atoms with van der Waals surface area (Å²) < 4.78 is 0. The lowest BCUT2D eigenvalue weighted by atomic mass is 9.83. The molecule has 0 amide bonds. The number of hydrogen-bond donors (Lipinski definition) is 1. The number of hydrogen-bond acceptors (Lipinski definition) is 2. The van der Waals surface area contributed by atoms with Crippen LogP contribution in [0.2, 0.25) is 0 Å². The molecule has 0 aromatic heterocycles. The number of piperidine rings is 1. The molecule has 0 spiro atoms. The fraction of sp³-hybridized carbons (Fsp3) is 0.667. The van der Waals surface area contributed by atoms with Crippen molar-refractivity contribution in [2.45, 2.75) is 50.5 Å². The van der Waals surface area contributed by atoms with Crippen LogP contribution in [0, 0.1) is 5.92 Å². The van der Waals surface area contributed by atoms with Crippen LogP contribution in [0.15, 0.2) is 30.3 Å². The average molecular weight is 272 g/mol. The lowest BCUT2D eigenvalue weighted by molar-refractivity contribution is 0.149. The van der Waals surface area contributed by atoms with Gasteiger partial charge in [0.1, 0.15) is 0 Å². The highest BCUT2D eigenvalue weighted by atomic mass is 15.1. The van der Waals surface area contributed by atoms with Crippen molar-refractivity contribution in [2.75, 3.05) is 19.6 Å². The van der Waals surface area contributed by atoms with Gasteiger partial charge in [-0.05, 0) is 49.6 Å². The third-order valence-corrected chi connectivity index (χ3v) is 5.24. The molecule has 2 aliphatic rings. The minimum absolute atomic E-state index is 0.445. The Labute approximate surface area is 123 Å². The van der Waals surface area contributed by atoms with Crippen molar-refractivity contribution in [3.05, 3.63) is 35.9 Å². The van der Waals surface area contributed by atoms with E-state index in [1.165, 1.54) is 63.7 Å². The smallest absolute Gasteiger partial charge is 0.00793 e. The van der Waals surface area contributed by atoms with Crippen LogP contribution >= 0.6 is 0 Å². The van der Waals surface area contributed by atoms with E-state index in [1.54, 1.807) is 0 Å². The van der Waals surface area contributed by atoms with Crippen LogP contribution in [-0.2, 0) is 0 Å². The van der Waals surface area contributed by atoms with E-state index in [9.17, 15) is 0 Å². The zero-order chi connectivity index (χ0) is 13.8. The van der Waals surface area contributed by atoms with Gasteiger partial charge in [-0.15, -0.1) is 0 Å². The fourth-order valence-electron chi connectivity index (χ4n) is 4.01. The van der Waals surface area contributed by atoms with Gasteiger partial charge in [0.2, 0.25) is 0 Å². The van der Waals surface area contributed by atoms with Crippen molar-refractivity contribution in [3.8, 4) is 0 Å². The van der Waals surface area contributed by atoms with Crippen LogP contribution in [0.1, 0.15) is 50.0 Å². The number of nitrogens with two attached hydrogens (primary N) is 1. The van der Waals surface area contributed by atoms with Crippen LogP contribution < -0.4 is 5.73 Å². The highest BCUT2D eigenvalue weighted by Crippen LogP contribution is 2.29. The molecule has 1 aromatic carbocycles. The topological polar surface area (TPSA) is 29.3 Å². The van der Waals surface area contributed by atoms with Gasteiger partial charge in [-0.25, -0.2) is 0 Å². The molecule has 2 nitrogen and oxygen atoms in total. The van der Waals surface area contributed by atoms with Gasteiger partial charge in [-0.3, -0.25) is 0 Å². The lowest BCUT2D eigenvalue weighted by Gasteiger charge is -2.38. The number of rotatable bonds is 3. The first-order valence-electron chi connectivity index (χ1n) is 8.36. The van der Waals surface area contributed by atoms with Gasteiger partial charge in [0.15, 0.2) is 0 Å². The summed E-state index contributed by atoms with van der Waals surface area (Å²) >= 11 is 0. The van der Waals surface area contributed by atoms with Gasteiger partial charge >= 0.3 is 0 Å². The number of benzene rings is 1. The summed E-state index contributed by atoms with van der Waals surface area (Å²) in [6.45, 7) is 3.73. The van der Waals surface area contributed by atoms with E-state index in [0.717, 1.165) is 11.8 Å². The standard InChI is InChI=1S/C18H28N2/c19-18-11-5-4-9-17(18)14-20-12-6-10-16(13-20)15-7-2-1-3-8-15/h1-3,7-8,16-18H,4-6,9-14,19H2/t16-,17+,18-/m0/s1. The second-order valence-electron chi connectivity index (χ2n) is 6.72. The Morgan fingerprint density at radius 1 is 1.00 bits per heavy atom. The molecule has 3 rings (SSSR count). The number of likely N-dealkylation sites (tertiary alicyclic amines) is 1. The Bertz CT molecular complexity index is 403. The molecule has 1 aliphatic carbocycles. The first-order chi connectivity index (χ1) is 9.83. The first kappa shape index (κ1) is 14.1. The van der Waals surface area contributed by atoms with E-state index in [-0.39, 0.29) is 0 Å². The maximum atomic E-state index is 6.32. The van der Waals surface area contributed by atoms with E-state index < -0.39 is 0 Å². The predicted molar refractivity (Wildman–Crippen MR) is 84.8 cm³/mol. The van der Waals surface area contributed by atoms with Crippen LogP contribution in [0.25, 0.3) is 0 Å². The maximum absolute atomic E-state index is 6.32. The fourth-order valence-corrected chi connectivity index (χ4v) is 4.01. The Morgan fingerprint density at radius 3 is 2.60 bits per heavy atom. The molecule has 3 atom stereocenters. The molecule has 110 valence electrons. The van der Waals surface area contributed by atoms with Crippen molar-refractivity contribution in [3.63, 3.8) is 0 Å². The Hall–Kier alpha value is -0.860. The molecule has 1 aromatic rings. The molecular formula is C18H28N2. The zero-order valence-electron chi connectivity index (χ0n) is 12.5. The van der Waals surface area contributed by atoms with Crippen LogP contribution in [-0.4, -0.2) is 30.6 Å². The summed E-state index contributed by atoms with van der Waals surface area (Å²) in [5, 5.41) is 0. The van der Waals surface area contributed by atoms with Crippen LogP contribution in [0.5, 0.6) is 0 Å². The van der Waals surface area contributed by atoms with Crippen LogP contribution in [0.3, 0.4) is 0 Å². The highest BCUT2D eigenvalue weighted by molar-refractivity contribution is 5.20. The molecular weight excluding hydrogens is 244 g/mol. The van der Waals surface area contributed by atoms with E-state index in [2.05, 4.69) is 35.2 Å². The molecule has 1 aliphatic heterocycles. The van der Waals surface area contributed by atoms with E-state index >= 15 is 0 Å². The molecule has 0 radical (unpaired) electrons. The predicted octanol–water partition coefficient (Wildman–Crippen LogP) is 3.38. The maximum Gasteiger partial charge on any atom is 0.00793 e. The molecule has 0 bridgehead atoms. The number of nitrogens with zero attached hydrogens (tertiary/aromatic N) is 1. The minimum Gasteiger partial charge on any atom is -0.327 e. The second kappa shape index (κ2) is 6.73. The Morgan fingerprint density at radius 2 is 1.80 bits per heavy atom. The molecule has 1 saturated carbocycles. The molecule has 20 heavy (non-hydrogen) atoms. The SMILES string of the molecule is N[C@H]1CCCC[C@@H]1CN1CCC[C@H](c2ccccc2)C1. The van der Waals surface area contributed by atoms with Crippen molar-refractivity contribution in [1.29, 1.82) is 0 Å². The summed E-state index contributed by atoms with van der Waals surface area (Å²) in [6, 6.07) is 11.5. The van der Waals surface area contributed by atoms with Gasteiger partial charge in [0.05, 0.1) is 0 Å². The summed E-state index contributed by atoms with van der Waals surface area (Å²) in [5.74, 6) is 1.46. The quantitative estimate of drug-likeness (QED) is 0.914. The molecule has 2 fully saturated rings. The van der Waals surface area contributed by atoms with Crippen molar-refractivity contribution < 1.29 is 0 Å². The summed E-state index contributed by atoms with van der Waals surface area (Å²) in [5.41, 5.74) is 7.83. The molecule has 1 saturated heterocycles. The largest absolute Gasteiger partial charge is 0.327 e. The van der Waals surface area contributed by atoms with Crippen molar-refractivity contribution >= 4 is 0 Å². The summed E-state index contributed by atoms with van der Waals surface area (Å²) in [6.07, 6.45) is 7.98. The highest BCUT2D eigenvalue weighted by Gasteiger charge is 2.27. The third kappa shape index (κ3) is 3.42. The van der Waals surface area contributed by atoms with E-state index in [0.29, 0.717) is 6.04 Å². The summed E-state index contributed by atoms with van der Waals surface area (Å²) in [4.78, 5) is 2.68. The minimum atomic E-state index is 0.445. The normalized spacial score (nSPS) is 32.1. The van der Waals surface area contributed by atoms with Gasteiger partial charge in [0.25, 0.3) is 0 Å². The summed E-state index contributed by atoms with van der Waals surface area (Å²) in [7, 11) is 0. The van der Waals surface area contributed by atoms with Crippen LogP contribution in [0.4, 0.5) is 0 Å². The molecule has 2 heteroatoms. The van der Waals surface area contributed by atoms with Gasteiger partial charge in [-0.1, -0.05) is 43.2 Å². The Balaban J connectivity index is 1.58. The molecule has 2 N–H and O–H groups in total. The molecule has 0 unspecified atom stereocenters. The Kier molecular flexibility index (Phi) is 4.74. The lowest BCUT2D eigenvalue weighted by Crippen LogP contribution is -2.44. The van der Waals surface area contributed by atoms with Gasteiger partial charge in [-0.2, -0.15) is 0 Å². The first-order valence-corrected chi connectivity index (χ1v) is 8.36. The monoisotopic (exact) mass is 272 g/mol. The van der Waals surface area contributed by atoms with Crippen molar-refractivity contribution in [2.24, 2.45) is 11.7 Å². The second-order valence-corrected chi connectivity index (χ2v) is 6.72. The zero-order valence-corrected chi connectivity index (χ0v) is 12.5. The van der Waals surface area contributed by atoms with Gasteiger partial charge < -0.3 is 10.6 Å². The molecule has 1 heterocycles. The third-order valence-electron chi connectivity index (χ3n) is 5.24. The van der Waals surface area contributed by atoms with Gasteiger partial charge in [0, 0.05) is 19.1 Å². The average Bonchev–Trinajstić information content (AvgIpc) is 2.51. The van der Waals surface area contributed by atoms with E-state index in [1.807, 2.05) is 0 Å².